The number of benzene rings is 2. The fraction of sp³-hybridized carbons (Fsp3) is 0.567. The van der Waals surface area contributed by atoms with Gasteiger partial charge in [0.2, 0.25) is 5.91 Å². The first-order chi connectivity index (χ1) is 17.6. The summed E-state index contributed by atoms with van der Waals surface area (Å²) < 4.78 is 23.5. The summed E-state index contributed by atoms with van der Waals surface area (Å²) in [6.45, 7) is 11.3. The molecule has 0 unspecified atom stereocenters. The second-order valence-corrected chi connectivity index (χ2v) is 13.8. The number of likely N-dealkylation sites (tertiary alicyclic amines) is 3. The van der Waals surface area contributed by atoms with E-state index >= 15 is 0 Å². The number of carbonyl (C=O) groups is 1. The third kappa shape index (κ3) is 5.64. The molecule has 0 radical (unpaired) electrons. The maximum Gasteiger partial charge on any atom is 0.229 e. The van der Waals surface area contributed by atoms with Crippen LogP contribution in [0.5, 0.6) is 0 Å². The molecule has 0 N–H and O–H groups in total. The predicted molar refractivity (Wildman–Crippen MR) is 147 cm³/mol. The smallest absolute Gasteiger partial charge is 0.229 e. The molecular formula is C30H41N3O3S. The molecule has 7 heteroatoms. The molecule has 3 saturated heterocycles. The maximum absolute atomic E-state index is 13.5. The molecule has 0 aliphatic carbocycles. The van der Waals surface area contributed by atoms with Gasteiger partial charge < -0.3 is 9.80 Å². The van der Waals surface area contributed by atoms with Gasteiger partial charge in [0.25, 0.3) is 0 Å². The molecule has 3 aliphatic heterocycles. The van der Waals surface area contributed by atoms with Gasteiger partial charge in [0.15, 0.2) is 9.84 Å². The third-order valence-electron chi connectivity index (χ3n) is 9.06. The van der Waals surface area contributed by atoms with Gasteiger partial charge in [0.05, 0.1) is 10.3 Å². The minimum absolute atomic E-state index is 0.221. The van der Waals surface area contributed by atoms with Crippen LogP contribution in [0, 0.1) is 11.3 Å². The van der Waals surface area contributed by atoms with E-state index in [9.17, 15) is 13.2 Å². The van der Waals surface area contributed by atoms with Crippen molar-refractivity contribution < 1.29 is 13.2 Å². The number of hydrogen-bond donors (Lipinski definition) is 0. The van der Waals surface area contributed by atoms with Gasteiger partial charge in [-0.1, -0.05) is 42.5 Å². The minimum Gasteiger partial charge on any atom is -0.338 e. The van der Waals surface area contributed by atoms with Crippen molar-refractivity contribution in [1.82, 2.24) is 14.7 Å². The quantitative estimate of drug-likeness (QED) is 0.549. The molecule has 0 saturated carbocycles. The molecule has 1 spiro atoms. The van der Waals surface area contributed by atoms with Gasteiger partial charge in [-0.25, -0.2) is 8.42 Å². The summed E-state index contributed by atoms with van der Waals surface area (Å²) in [5.41, 5.74) is 2.22. The first-order valence-corrected chi connectivity index (χ1v) is 15.6. The van der Waals surface area contributed by atoms with E-state index in [0.717, 1.165) is 64.1 Å². The van der Waals surface area contributed by atoms with Crippen molar-refractivity contribution in [3.05, 3.63) is 65.7 Å². The summed E-state index contributed by atoms with van der Waals surface area (Å²) in [5.74, 6) is 1.47. The minimum atomic E-state index is -3.21. The van der Waals surface area contributed by atoms with E-state index < -0.39 is 9.84 Å². The lowest BCUT2D eigenvalue weighted by Crippen LogP contribution is -2.46. The molecule has 3 aliphatic rings. The Morgan fingerprint density at radius 3 is 2.19 bits per heavy atom. The molecule has 3 heterocycles. The molecule has 0 bridgehead atoms. The van der Waals surface area contributed by atoms with Crippen molar-refractivity contribution in [3.8, 4) is 0 Å². The normalized spacial score (nSPS) is 25.0. The van der Waals surface area contributed by atoms with Gasteiger partial charge in [0, 0.05) is 50.9 Å². The van der Waals surface area contributed by atoms with Crippen LogP contribution in [-0.4, -0.2) is 80.6 Å². The highest BCUT2D eigenvalue weighted by molar-refractivity contribution is 7.90. The van der Waals surface area contributed by atoms with Crippen LogP contribution in [0.4, 0.5) is 0 Å². The van der Waals surface area contributed by atoms with Crippen molar-refractivity contribution in [3.63, 3.8) is 0 Å². The van der Waals surface area contributed by atoms with Crippen molar-refractivity contribution in [2.24, 2.45) is 11.3 Å². The number of amides is 1. The molecule has 2 atom stereocenters. The lowest BCUT2D eigenvalue weighted by Gasteiger charge is -2.39. The van der Waals surface area contributed by atoms with E-state index in [1.54, 1.807) is 12.1 Å². The van der Waals surface area contributed by atoms with Crippen molar-refractivity contribution >= 4 is 15.7 Å². The number of piperidine rings is 1. The summed E-state index contributed by atoms with van der Waals surface area (Å²) in [4.78, 5) is 21.1. The lowest BCUT2D eigenvalue weighted by atomic mass is 9.76. The van der Waals surface area contributed by atoms with E-state index in [0.29, 0.717) is 29.3 Å². The van der Waals surface area contributed by atoms with Crippen LogP contribution in [0.3, 0.4) is 0 Å². The van der Waals surface area contributed by atoms with E-state index in [4.69, 9.17) is 0 Å². The Labute approximate surface area is 222 Å². The number of sulfone groups is 1. The monoisotopic (exact) mass is 523 g/mol. The molecule has 5 rings (SSSR count). The average Bonchev–Trinajstić information content (AvgIpc) is 3.43. The fourth-order valence-electron chi connectivity index (χ4n) is 6.65. The first-order valence-electron chi connectivity index (χ1n) is 13.7. The SMILES string of the molecule is CC(C)N1C[C@H](CN2CCC3(CC2)CCN(Cc2ccc(S(C)(=O)=O)cc2)C3=O)[C@@H](c2ccccc2)C1. The highest BCUT2D eigenvalue weighted by Gasteiger charge is 2.48. The zero-order chi connectivity index (χ0) is 26.2. The Kier molecular flexibility index (Phi) is 7.49. The molecular weight excluding hydrogens is 482 g/mol. The lowest BCUT2D eigenvalue weighted by molar-refractivity contribution is -0.139. The van der Waals surface area contributed by atoms with E-state index in [1.165, 1.54) is 11.8 Å². The Bertz CT molecular complexity index is 1190. The molecule has 2 aromatic rings. The predicted octanol–water partition coefficient (Wildman–Crippen LogP) is 4.03. The standard InChI is InChI=1S/C30H41N3O3S/c1-23(2)33-21-26(28(22-33)25-7-5-4-6-8-25)20-31-16-13-30(14-17-31)15-18-32(29(30)34)19-24-9-11-27(12-10-24)37(3,35)36/h4-12,23,26,28H,13-22H2,1-3H3/t26-,28+/m0/s1. The third-order valence-corrected chi connectivity index (χ3v) is 10.2. The van der Waals surface area contributed by atoms with Crippen LogP contribution < -0.4 is 0 Å². The molecule has 1 amide bonds. The Hall–Kier alpha value is -2.22. The fourth-order valence-corrected chi connectivity index (χ4v) is 7.28. The second kappa shape index (κ2) is 10.5. The molecule has 2 aromatic carbocycles. The van der Waals surface area contributed by atoms with Crippen LogP contribution in [0.15, 0.2) is 59.5 Å². The van der Waals surface area contributed by atoms with Crippen LogP contribution in [0.25, 0.3) is 0 Å². The van der Waals surface area contributed by atoms with Gasteiger partial charge in [-0.15, -0.1) is 0 Å². The Balaban J connectivity index is 1.18. The molecule has 37 heavy (non-hydrogen) atoms. The number of nitrogens with zero attached hydrogens (tertiary/aromatic N) is 3. The molecule has 200 valence electrons. The molecule has 6 nitrogen and oxygen atoms in total. The summed E-state index contributed by atoms with van der Waals surface area (Å²) in [6.07, 6.45) is 4.02. The van der Waals surface area contributed by atoms with Crippen LogP contribution in [-0.2, 0) is 21.2 Å². The average molecular weight is 524 g/mol. The van der Waals surface area contributed by atoms with Gasteiger partial charge in [-0.05, 0) is 75.4 Å². The van der Waals surface area contributed by atoms with Crippen molar-refractivity contribution in [2.75, 3.05) is 45.5 Å². The molecule has 3 fully saturated rings. The van der Waals surface area contributed by atoms with E-state index in [-0.39, 0.29) is 11.3 Å². The zero-order valence-corrected chi connectivity index (χ0v) is 23.3. The van der Waals surface area contributed by atoms with Crippen LogP contribution >= 0.6 is 0 Å². The summed E-state index contributed by atoms with van der Waals surface area (Å²) in [5, 5.41) is 0. The number of rotatable bonds is 7. The Morgan fingerprint density at radius 1 is 0.919 bits per heavy atom. The van der Waals surface area contributed by atoms with E-state index in [2.05, 4.69) is 54.0 Å². The summed E-state index contributed by atoms with van der Waals surface area (Å²) >= 11 is 0. The highest BCUT2D eigenvalue weighted by atomic mass is 32.2. The van der Waals surface area contributed by atoms with Crippen molar-refractivity contribution in [1.29, 1.82) is 0 Å². The van der Waals surface area contributed by atoms with Crippen LogP contribution in [0.1, 0.15) is 50.2 Å². The zero-order valence-electron chi connectivity index (χ0n) is 22.5. The van der Waals surface area contributed by atoms with Gasteiger partial charge in [-0.2, -0.15) is 0 Å². The van der Waals surface area contributed by atoms with Crippen molar-refractivity contribution in [2.45, 2.75) is 56.5 Å². The highest BCUT2D eigenvalue weighted by Crippen LogP contribution is 2.43. The summed E-state index contributed by atoms with van der Waals surface area (Å²) in [6, 6.07) is 18.5. The van der Waals surface area contributed by atoms with Crippen LogP contribution in [0.2, 0.25) is 0 Å². The second-order valence-electron chi connectivity index (χ2n) is 11.8. The number of carbonyl (C=O) groups excluding carboxylic acids is 1. The van der Waals surface area contributed by atoms with Gasteiger partial charge in [-0.3, -0.25) is 9.69 Å². The first kappa shape index (κ1) is 26.4. The molecule has 0 aromatic heterocycles. The topological polar surface area (TPSA) is 60.9 Å². The largest absolute Gasteiger partial charge is 0.338 e. The van der Waals surface area contributed by atoms with Gasteiger partial charge in [0.1, 0.15) is 0 Å². The van der Waals surface area contributed by atoms with Gasteiger partial charge >= 0.3 is 0 Å². The number of hydrogen-bond acceptors (Lipinski definition) is 5. The Morgan fingerprint density at radius 2 is 1.57 bits per heavy atom. The summed E-state index contributed by atoms with van der Waals surface area (Å²) in [7, 11) is -3.21. The maximum atomic E-state index is 13.5. The van der Waals surface area contributed by atoms with E-state index in [1.807, 2.05) is 17.0 Å².